The van der Waals surface area contributed by atoms with Crippen molar-refractivity contribution in [3.05, 3.63) is 88.1 Å². The third kappa shape index (κ3) is 4.54. The van der Waals surface area contributed by atoms with Gasteiger partial charge in [0.25, 0.3) is 5.91 Å². The van der Waals surface area contributed by atoms with Gasteiger partial charge in [-0.15, -0.1) is 11.3 Å². The molecule has 0 spiro atoms. The number of nitrogens with one attached hydrogen (secondary N) is 1. The first-order valence-corrected chi connectivity index (χ1v) is 12.2. The van der Waals surface area contributed by atoms with Crippen molar-refractivity contribution in [2.75, 3.05) is 18.4 Å². The Morgan fingerprint density at radius 2 is 1.79 bits per heavy atom. The molecule has 174 valence electrons. The highest BCUT2D eigenvalue weighted by Gasteiger charge is 2.48. The van der Waals surface area contributed by atoms with E-state index in [2.05, 4.69) is 5.32 Å². The smallest absolute Gasteiger partial charge is 0.411 e. The van der Waals surface area contributed by atoms with Gasteiger partial charge in [-0.05, 0) is 47.5 Å². The Morgan fingerprint density at radius 1 is 1.00 bits per heavy atom. The first-order valence-electron chi connectivity index (χ1n) is 11.3. The lowest BCUT2D eigenvalue weighted by molar-refractivity contribution is -0.135. The first-order chi connectivity index (χ1) is 16.6. The number of carbonyl (C=O) groups is 3. The highest BCUT2D eigenvalue weighted by atomic mass is 32.1. The summed E-state index contributed by atoms with van der Waals surface area (Å²) in [5.74, 6) is -0.303. The number of hydrogen-bond donors (Lipinski definition) is 1. The third-order valence-corrected chi connectivity index (χ3v) is 7.04. The number of nitrogens with zero attached hydrogens (tertiary/aromatic N) is 2. The van der Waals surface area contributed by atoms with Crippen molar-refractivity contribution in [1.82, 2.24) is 9.80 Å². The van der Waals surface area contributed by atoms with Gasteiger partial charge in [0.05, 0.1) is 11.4 Å². The van der Waals surface area contributed by atoms with Gasteiger partial charge < -0.3 is 15.0 Å². The van der Waals surface area contributed by atoms with Gasteiger partial charge in [0, 0.05) is 18.8 Å². The molecule has 34 heavy (non-hydrogen) atoms. The van der Waals surface area contributed by atoms with Crippen molar-refractivity contribution in [2.24, 2.45) is 0 Å². The quantitative estimate of drug-likeness (QED) is 0.561. The van der Waals surface area contributed by atoms with Crippen LogP contribution in [0.3, 0.4) is 0 Å². The summed E-state index contributed by atoms with van der Waals surface area (Å²) >= 11 is 1.36. The number of carbonyl (C=O) groups excluding carboxylic acids is 3. The Kier molecular flexibility index (Phi) is 6.31. The molecule has 3 aromatic rings. The maximum atomic E-state index is 13.6. The highest BCUT2D eigenvalue weighted by Crippen LogP contribution is 2.36. The van der Waals surface area contributed by atoms with Crippen molar-refractivity contribution in [3.63, 3.8) is 0 Å². The molecule has 8 heteroatoms. The molecule has 7 nitrogen and oxygen atoms in total. The Balaban J connectivity index is 1.43. The Morgan fingerprint density at radius 3 is 2.53 bits per heavy atom. The van der Waals surface area contributed by atoms with E-state index in [0.29, 0.717) is 29.2 Å². The summed E-state index contributed by atoms with van der Waals surface area (Å²) in [6.45, 7) is 1.66. The summed E-state index contributed by atoms with van der Waals surface area (Å²) in [6, 6.07) is 19.6. The predicted molar refractivity (Wildman–Crippen MR) is 130 cm³/mol. The number of likely N-dealkylation sites (tertiary alicyclic amines) is 1. The van der Waals surface area contributed by atoms with Gasteiger partial charge in [0.1, 0.15) is 0 Å². The molecule has 1 aromatic heterocycles. The minimum absolute atomic E-state index is 0.0997. The SMILES string of the molecule is O=C(Nc1cccc([C@@H]2OC(=O)N(Cc3ccccc3)[C@@H]2C(=O)N2CCCC2)c1)c1cccs1. The molecule has 5 rings (SSSR count). The van der Waals surface area contributed by atoms with Gasteiger partial charge in [-0.1, -0.05) is 48.5 Å². The zero-order chi connectivity index (χ0) is 23.5. The largest absolute Gasteiger partial charge is 0.438 e. The van der Waals surface area contributed by atoms with Crippen molar-refractivity contribution in [3.8, 4) is 0 Å². The Hall–Kier alpha value is -3.65. The van der Waals surface area contributed by atoms with Crippen LogP contribution in [0, 0.1) is 0 Å². The van der Waals surface area contributed by atoms with Crippen molar-refractivity contribution in [1.29, 1.82) is 0 Å². The third-order valence-electron chi connectivity index (χ3n) is 6.17. The molecule has 2 saturated heterocycles. The monoisotopic (exact) mass is 475 g/mol. The molecule has 0 unspecified atom stereocenters. The second-order valence-corrected chi connectivity index (χ2v) is 9.40. The van der Waals surface area contributed by atoms with E-state index in [1.165, 1.54) is 16.2 Å². The molecule has 2 aliphatic rings. The number of rotatable bonds is 6. The summed E-state index contributed by atoms with van der Waals surface area (Å²) in [5.41, 5.74) is 2.18. The number of thiophene rings is 1. The highest BCUT2D eigenvalue weighted by molar-refractivity contribution is 7.12. The van der Waals surface area contributed by atoms with Crippen LogP contribution in [0.2, 0.25) is 0 Å². The van der Waals surface area contributed by atoms with Crippen LogP contribution in [0.1, 0.15) is 39.7 Å². The van der Waals surface area contributed by atoms with Gasteiger partial charge in [-0.3, -0.25) is 14.5 Å². The fourth-order valence-electron chi connectivity index (χ4n) is 4.49. The Labute approximate surface area is 201 Å². The number of amides is 3. The number of ether oxygens (including phenoxy) is 1. The predicted octanol–water partition coefficient (Wildman–Crippen LogP) is 4.68. The van der Waals surface area contributed by atoms with E-state index in [1.807, 2.05) is 52.7 Å². The van der Waals surface area contributed by atoms with Gasteiger partial charge in [-0.2, -0.15) is 0 Å². The van der Waals surface area contributed by atoms with Crippen molar-refractivity contribution >= 4 is 34.9 Å². The normalized spacial score (nSPS) is 19.8. The van der Waals surface area contributed by atoms with Crippen LogP contribution in [0.25, 0.3) is 0 Å². The van der Waals surface area contributed by atoms with E-state index in [1.54, 1.807) is 24.3 Å². The standard InChI is InChI=1S/C26H25N3O4S/c30-24(21-12-7-15-34-21)27-20-11-6-10-19(16-20)23-22(25(31)28-13-4-5-14-28)29(26(32)33-23)17-18-8-2-1-3-9-18/h1-3,6-12,15-16,22-23H,4-5,13-14,17H2,(H,27,30)/t22-,23-/m0/s1. The molecule has 0 bridgehead atoms. The van der Waals surface area contributed by atoms with E-state index in [4.69, 9.17) is 4.74 Å². The molecule has 1 N–H and O–H groups in total. The zero-order valence-electron chi connectivity index (χ0n) is 18.6. The molecular weight excluding hydrogens is 450 g/mol. The van der Waals surface area contributed by atoms with Gasteiger partial charge in [-0.25, -0.2) is 4.79 Å². The van der Waals surface area contributed by atoms with Crippen LogP contribution in [0.5, 0.6) is 0 Å². The van der Waals surface area contributed by atoms with Crippen molar-refractivity contribution < 1.29 is 19.1 Å². The van der Waals surface area contributed by atoms with E-state index in [-0.39, 0.29) is 18.4 Å². The zero-order valence-corrected chi connectivity index (χ0v) is 19.4. The van der Waals surface area contributed by atoms with Crippen LogP contribution < -0.4 is 5.32 Å². The number of cyclic esters (lactones) is 1. The first kappa shape index (κ1) is 22.2. The molecule has 0 saturated carbocycles. The van der Waals surface area contributed by atoms with Gasteiger partial charge in [0.2, 0.25) is 5.91 Å². The molecule has 0 aliphatic carbocycles. The topological polar surface area (TPSA) is 79.0 Å². The van der Waals surface area contributed by atoms with Crippen LogP contribution in [0.15, 0.2) is 72.1 Å². The van der Waals surface area contributed by atoms with Gasteiger partial charge >= 0.3 is 6.09 Å². The molecule has 0 radical (unpaired) electrons. The molecule has 2 atom stereocenters. The second-order valence-electron chi connectivity index (χ2n) is 8.45. The number of anilines is 1. The average Bonchev–Trinajstić information content (AvgIpc) is 3.62. The molecule has 3 amide bonds. The maximum Gasteiger partial charge on any atom is 0.411 e. The fraction of sp³-hybridized carbons (Fsp3) is 0.269. The summed E-state index contributed by atoms with van der Waals surface area (Å²) in [6.07, 6.45) is 0.643. The Bertz CT molecular complexity index is 1180. The summed E-state index contributed by atoms with van der Waals surface area (Å²) in [5, 5.41) is 4.74. The molecular formula is C26H25N3O4S. The number of hydrogen-bond acceptors (Lipinski definition) is 5. The summed E-state index contributed by atoms with van der Waals surface area (Å²) < 4.78 is 5.79. The maximum absolute atomic E-state index is 13.6. The molecule has 2 fully saturated rings. The average molecular weight is 476 g/mol. The van der Waals surface area contributed by atoms with Gasteiger partial charge in [0.15, 0.2) is 12.1 Å². The lowest BCUT2D eigenvalue weighted by Gasteiger charge is -2.28. The van der Waals surface area contributed by atoms with E-state index >= 15 is 0 Å². The summed E-state index contributed by atoms with van der Waals surface area (Å²) in [7, 11) is 0. The molecule has 2 aliphatic heterocycles. The molecule has 3 heterocycles. The second kappa shape index (κ2) is 9.69. The lowest BCUT2D eigenvalue weighted by Crippen LogP contribution is -2.47. The van der Waals surface area contributed by atoms with E-state index < -0.39 is 18.2 Å². The van der Waals surface area contributed by atoms with E-state index in [9.17, 15) is 14.4 Å². The number of benzene rings is 2. The fourth-order valence-corrected chi connectivity index (χ4v) is 5.11. The minimum Gasteiger partial charge on any atom is -0.438 e. The minimum atomic E-state index is -0.769. The van der Waals surface area contributed by atoms with Crippen LogP contribution in [-0.4, -0.2) is 46.8 Å². The van der Waals surface area contributed by atoms with Crippen LogP contribution in [0.4, 0.5) is 10.5 Å². The molecule has 2 aromatic carbocycles. The van der Waals surface area contributed by atoms with Crippen molar-refractivity contribution in [2.45, 2.75) is 31.5 Å². The van der Waals surface area contributed by atoms with Crippen LogP contribution >= 0.6 is 11.3 Å². The summed E-state index contributed by atoms with van der Waals surface area (Å²) in [4.78, 5) is 43.0. The van der Waals surface area contributed by atoms with Crippen LogP contribution in [-0.2, 0) is 16.1 Å². The lowest BCUT2D eigenvalue weighted by atomic mass is 9.99. The van der Waals surface area contributed by atoms with E-state index in [0.717, 1.165) is 18.4 Å².